The molecule has 0 bridgehead atoms. The average Bonchev–Trinajstić information content (AvgIpc) is 2.29. The van der Waals surface area contributed by atoms with Crippen LogP contribution in [0.2, 0.25) is 0 Å². The lowest BCUT2D eigenvalue weighted by atomic mass is 9.88. The first-order valence-electron chi connectivity index (χ1n) is 6.21. The molecule has 0 spiro atoms. The van der Waals surface area contributed by atoms with Crippen molar-refractivity contribution in [1.29, 1.82) is 0 Å². The molecule has 1 saturated heterocycles. The van der Waals surface area contributed by atoms with Crippen LogP contribution < -0.4 is 5.32 Å². The molecule has 1 nitrogen and oxygen atoms in total. The van der Waals surface area contributed by atoms with Crippen LogP contribution in [0.5, 0.6) is 0 Å². The minimum atomic E-state index is -0.784. The Bertz CT molecular complexity index is 420. The zero-order valence-corrected chi connectivity index (χ0v) is 11.6. The number of rotatable bonds is 3. The largest absolute Gasteiger partial charge is 0.309 e. The number of hydrogen-bond donors (Lipinski definition) is 1. The van der Waals surface area contributed by atoms with E-state index in [0.717, 1.165) is 17.7 Å². The number of nitrogens with one attached hydrogen (secondary N) is 1. The zero-order valence-electron chi connectivity index (χ0n) is 10.8. The van der Waals surface area contributed by atoms with Crippen LogP contribution in [-0.2, 0) is 6.54 Å². The Labute approximate surface area is 111 Å². The average molecular weight is 271 g/mol. The van der Waals surface area contributed by atoms with Gasteiger partial charge in [0.25, 0.3) is 0 Å². The van der Waals surface area contributed by atoms with E-state index in [0.29, 0.717) is 18.0 Å². The molecule has 1 unspecified atom stereocenters. The fraction of sp³-hybridized carbons (Fsp3) is 0.571. The number of thioether (sulfide) groups is 1. The van der Waals surface area contributed by atoms with Gasteiger partial charge in [-0.3, -0.25) is 0 Å². The van der Waals surface area contributed by atoms with Crippen LogP contribution in [0.4, 0.5) is 8.78 Å². The second kappa shape index (κ2) is 5.57. The molecule has 1 aromatic carbocycles. The third-order valence-electron chi connectivity index (χ3n) is 3.19. The second-order valence-electron chi connectivity index (χ2n) is 5.71. The van der Waals surface area contributed by atoms with Gasteiger partial charge in [0.1, 0.15) is 0 Å². The van der Waals surface area contributed by atoms with Crippen LogP contribution in [0.3, 0.4) is 0 Å². The fourth-order valence-corrected chi connectivity index (χ4v) is 3.61. The Hall–Kier alpha value is -0.610. The second-order valence-corrected chi connectivity index (χ2v) is 6.74. The minimum absolute atomic E-state index is 0.356. The molecule has 1 aliphatic heterocycles. The molecule has 100 valence electrons. The van der Waals surface area contributed by atoms with E-state index in [9.17, 15) is 8.78 Å². The Morgan fingerprint density at radius 1 is 1.33 bits per heavy atom. The van der Waals surface area contributed by atoms with Gasteiger partial charge in [0.15, 0.2) is 11.6 Å². The Kier molecular flexibility index (Phi) is 4.28. The van der Waals surface area contributed by atoms with Crippen molar-refractivity contribution in [2.45, 2.75) is 32.9 Å². The van der Waals surface area contributed by atoms with E-state index in [1.165, 1.54) is 17.9 Å². The van der Waals surface area contributed by atoms with Gasteiger partial charge < -0.3 is 5.32 Å². The summed E-state index contributed by atoms with van der Waals surface area (Å²) in [6.45, 7) is 5.13. The lowest BCUT2D eigenvalue weighted by Crippen LogP contribution is -2.39. The van der Waals surface area contributed by atoms with E-state index in [2.05, 4.69) is 19.2 Å². The van der Waals surface area contributed by atoms with Crippen LogP contribution in [-0.4, -0.2) is 17.5 Å². The molecule has 1 atom stereocenters. The summed E-state index contributed by atoms with van der Waals surface area (Å²) in [7, 11) is 0. The van der Waals surface area contributed by atoms with Gasteiger partial charge in [0.2, 0.25) is 0 Å². The maximum atomic E-state index is 13.1. The molecule has 1 fully saturated rings. The maximum Gasteiger partial charge on any atom is 0.159 e. The highest BCUT2D eigenvalue weighted by Gasteiger charge is 2.27. The first kappa shape index (κ1) is 13.8. The molecule has 0 aromatic heterocycles. The summed E-state index contributed by atoms with van der Waals surface area (Å²) in [4.78, 5) is 0. The SMILES string of the molecule is CC1(C)CSCC(NCc2ccc(F)c(F)c2)C1. The Morgan fingerprint density at radius 3 is 2.78 bits per heavy atom. The van der Waals surface area contributed by atoms with Crippen LogP contribution in [0.1, 0.15) is 25.8 Å². The van der Waals surface area contributed by atoms with Crippen molar-refractivity contribution >= 4 is 11.8 Å². The topological polar surface area (TPSA) is 12.0 Å². The van der Waals surface area contributed by atoms with Gasteiger partial charge in [0, 0.05) is 18.3 Å². The molecule has 18 heavy (non-hydrogen) atoms. The molecule has 0 amide bonds. The third-order valence-corrected chi connectivity index (χ3v) is 4.81. The molecule has 0 saturated carbocycles. The summed E-state index contributed by atoms with van der Waals surface area (Å²) in [6, 6.07) is 4.54. The molecule has 2 rings (SSSR count). The predicted molar refractivity (Wildman–Crippen MR) is 72.7 cm³/mol. The molecule has 4 heteroatoms. The first-order valence-corrected chi connectivity index (χ1v) is 7.37. The summed E-state index contributed by atoms with van der Waals surface area (Å²) in [5.74, 6) is 0.726. The lowest BCUT2D eigenvalue weighted by molar-refractivity contribution is 0.317. The fourth-order valence-electron chi connectivity index (χ4n) is 2.31. The number of halogens is 2. The van der Waals surface area contributed by atoms with Crippen LogP contribution >= 0.6 is 11.8 Å². The van der Waals surface area contributed by atoms with Gasteiger partial charge >= 0.3 is 0 Å². The standard InChI is InChI=1S/C14H19F2NS/c1-14(2)6-11(8-18-9-14)17-7-10-3-4-12(15)13(16)5-10/h3-5,11,17H,6-9H2,1-2H3. The van der Waals surface area contributed by atoms with Crippen molar-refractivity contribution < 1.29 is 8.78 Å². The molecule has 1 aromatic rings. The van der Waals surface area contributed by atoms with Crippen LogP contribution in [0.25, 0.3) is 0 Å². The maximum absolute atomic E-state index is 13.1. The van der Waals surface area contributed by atoms with Gasteiger partial charge in [-0.25, -0.2) is 8.78 Å². The van der Waals surface area contributed by atoms with Crippen molar-refractivity contribution in [1.82, 2.24) is 5.32 Å². The molecule has 1 heterocycles. The molecule has 1 aliphatic rings. The van der Waals surface area contributed by atoms with E-state index in [-0.39, 0.29) is 0 Å². The van der Waals surface area contributed by atoms with Crippen molar-refractivity contribution in [3.05, 3.63) is 35.4 Å². The van der Waals surface area contributed by atoms with Gasteiger partial charge in [-0.05, 0) is 35.3 Å². The Morgan fingerprint density at radius 2 is 2.11 bits per heavy atom. The highest BCUT2D eigenvalue weighted by molar-refractivity contribution is 7.99. The summed E-state index contributed by atoms with van der Waals surface area (Å²) < 4.78 is 25.9. The van der Waals surface area contributed by atoms with E-state index in [4.69, 9.17) is 0 Å². The quantitative estimate of drug-likeness (QED) is 0.901. The molecule has 0 radical (unpaired) electrons. The third kappa shape index (κ3) is 3.69. The zero-order chi connectivity index (χ0) is 13.2. The summed E-state index contributed by atoms with van der Waals surface area (Å²) in [6.07, 6.45) is 1.13. The summed E-state index contributed by atoms with van der Waals surface area (Å²) in [5, 5.41) is 3.43. The predicted octanol–water partition coefficient (Wildman–Crippen LogP) is 3.59. The summed E-state index contributed by atoms with van der Waals surface area (Å²) in [5.41, 5.74) is 1.15. The van der Waals surface area contributed by atoms with Crippen molar-refractivity contribution in [3.63, 3.8) is 0 Å². The molecular weight excluding hydrogens is 252 g/mol. The van der Waals surface area contributed by atoms with Gasteiger partial charge in [0.05, 0.1) is 0 Å². The van der Waals surface area contributed by atoms with E-state index < -0.39 is 11.6 Å². The highest BCUT2D eigenvalue weighted by atomic mass is 32.2. The van der Waals surface area contributed by atoms with Crippen molar-refractivity contribution in [2.75, 3.05) is 11.5 Å². The van der Waals surface area contributed by atoms with Gasteiger partial charge in [-0.2, -0.15) is 11.8 Å². The molecule has 1 N–H and O–H groups in total. The normalized spacial score (nSPS) is 23.0. The van der Waals surface area contributed by atoms with Crippen LogP contribution in [0.15, 0.2) is 18.2 Å². The molecular formula is C14H19F2NS. The van der Waals surface area contributed by atoms with E-state index in [1.54, 1.807) is 6.07 Å². The van der Waals surface area contributed by atoms with E-state index >= 15 is 0 Å². The van der Waals surface area contributed by atoms with Crippen molar-refractivity contribution in [2.24, 2.45) is 5.41 Å². The molecule has 0 aliphatic carbocycles. The van der Waals surface area contributed by atoms with Crippen LogP contribution in [0, 0.1) is 17.0 Å². The number of benzene rings is 1. The smallest absolute Gasteiger partial charge is 0.159 e. The summed E-state index contributed by atoms with van der Waals surface area (Å²) >= 11 is 1.95. The minimum Gasteiger partial charge on any atom is -0.309 e. The number of hydrogen-bond acceptors (Lipinski definition) is 2. The van der Waals surface area contributed by atoms with E-state index in [1.807, 2.05) is 11.8 Å². The lowest BCUT2D eigenvalue weighted by Gasteiger charge is -2.35. The van der Waals surface area contributed by atoms with Gasteiger partial charge in [-0.15, -0.1) is 0 Å². The monoisotopic (exact) mass is 271 g/mol. The van der Waals surface area contributed by atoms with Crippen molar-refractivity contribution in [3.8, 4) is 0 Å². The Balaban J connectivity index is 1.89. The highest BCUT2D eigenvalue weighted by Crippen LogP contribution is 2.33. The first-order chi connectivity index (χ1) is 8.46. The van der Waals surface area contributed by atoms with Gasteiger partial charge in [-0.1, -0.05) is 19.9 Å².